The molecule has 1 aromatic carbocycles. The van der Waals surface area contributed by atoms with E-state index >= 15 is 0 Å². The van der Waals surface area contributed by atoms with Crippen LogP contribution in [0.25, 0.3) is 0 Å². The van der Waals surface area contributed by atoms with E-state index in [4.69, 9.17) is 10.5 Å². The molecule has 3 aliphatic rings. The molecule has 15 heteroatoms. The summed E-state index contributed by atoms with van der Waals surface area (Å²) in [5.41, 5.74) is 6.47. The summed E-state index contributed by atoms with van der Waals surface area (Å²) in [6.45, 7) is -1.13. The number of hydrogen-bond acceptors (Lipinski definition) is 11. The SMILES string of the molecule is NC1=NC(=O)N(CC(=O)N[C@@H](Cc2ccccc2)C(=O)N[C@@H]2[C@@H](O)[C@H](O)[C@@H](CO)O[C@H]2O)C2N=CNC12. The number of hydrogen-bond donors (Lipinski definition) is 8. The van der Waals surface area contributed by atoms with Crippen molar-refractivity contribution in [2.75, 3.05) is 13.2 Å². The van der Waals surface area contributed by atoms with E-state index in [1.54, 1.807) is 30.3 Å². The minimum Gasteiger partial charge on any atom is -0.394 e. The summed E-state index contributed by atoms with van der Waals surface area (Å²) in [6.07, 6.45) is -5.58. The quantitative estimate of drug-likeness (QED) is 0.165. The van der Waals surface area contributed by atoms with Crippen LogP contribution in [0.4, 0.5) is 4.79 Å². The van der Waals surface area contributed by atoms with E-state index in [-0.39, 0.29) is 12.3 Å². The Bertz CT molecular complexity index is 1070. The van der Waals surface area contributed by atoms with E-state index in [1.807, 2.05) is 0 Å². The number of nitrogens with two attached hydrogens (primary N) is 1. The molecule has 0 saturated carbocycles. The highest BCUT2D eigenvalue weighted by Crippen LogP contribution is 2.20. The minimum absolute atomic E-state index is 0.0325. The second-order valence-electron chi connectivity index (χ2n) is 8.86. The molecule has 2 unspecified atom stereocenters. The van der Waals surface area contributed by atoms with E-state index in [1.165, 1.54) is 6.34 Å². The fourth-order valence-electron chi connectivity index (χ4n) is 4.36. The topological polar surface area (TPSA) is 231 Å². The van der Waals surface area contributed by atoms with Crippen molar-refractivity contribution >= 4 is 30.0 Å². The molecular formula is C22H29N7O8. The molecule has 1 fully saturated rings. The Kier molecular flexibility index (Phi) is 7.99. The first-order valence-electron chi connectivity index (χ1n) is 11.6. The molecule has 4 rings (SSSR count). The lowest BCUT2D eigenvalue weighted by Crippen LogP contribution is -2.66. The van der Waals surface area contributed by atoms with Gasteiger partial charge in [-0.2, -0.15) is 4.99 Å². The van der Waals surface area contributed by atoms with Crippen LogP contribution in [0.2, 0.25) is 0 Å². The molecule has 200 valence electrons. The van der Waals surface area contributed by atoms with E-state index in [0.29, 0.717) is 5.56 Å². The summed E-state index contributed by atoms with van der Waals surface area (Å²) < 4.78 is 5.08. The number of ether oxygens (including phenoxy) is 1. The monoisotopic (exact) mass is 519 g/mol. The predicted molar refractivity (Wildman–Crippen MR) is 127 cm³/mol. The van der Waals surface area contributed by atoms with Gasteiger partial charge in [0.25, 0.3) is 0 Å². The zero-order chi connectivity index (χ0) is 26.7. The summed E-state index contributed by atoms with van der Waals surface area (Å²) in [6, 6.07) is 4.80. The second kappa shape index (κ2) is 11.2. The summed E-state index contributed by atoms with van der Waals surface area (Å²) in [5, 5.41) is 47.8. The molecule has 3 heterocycles. The molecule has 37 heavy (non-hydrogen) atoms. The maximum atomic E-state index is 13.2. The first-order valence-corrected chi connectivity index (χ1v) is 11.6. The van der Waals surface area contributed by atoms with Crippen molar-refractivity contribution < 1.29 is 39.5 Å². The van der Waals surface area contributed by atoms with Gasteiger partial charge in [-0.1, -0.05) is 30.3 Å². The third kappa shape index (κ3) is 5.70. The van der Waals surface area contributed by atoms with Gasteiger partial charge in [0.1, 0.15) is 48.8 Å². The van der Waals surface area contributed by atoms with Crippen LogP contribution in [-0.4, -0.2) is 117 Å². The zero-order valence-electron chi connectivity index (χ0n) is 19.5. The number of amides is 4. The van der Waals surface area contributed by atoms with Gasteiger partial charge in [0.2, 0.25) is 11.8 Å². The van der Waals surface area contributed by atoms with E-state index in [0.717, 1.165) is 4.90 Å². The van der Waals surface area contributed by atoms with Crippen LogP contribution in [0.15, 0.2) is 40.3 Å². The van der Waals surface area contributed by atoms with Crippen LogP contribution in [-0.2, 0) is 20.7 Å². The van der Waals surface area contributed by atoms with Gasteiger partial charge in [-0.05, 0) is 5.56 Å². The van der Waals surface area contributed by atoms with Gasteiger partial charge in [0.15, 0.2) is 12.5 Å². The first kappa shape index (κ1) is 26.4. The highest BCUT2D eigenvalue weighted by atomic mass is 16.6. The van der Waals surface area contributed by atoms with Gasteiger partial charge in [-0.3, -0.25) is 14.5 Å². The smallest absolute Gasteiger partial charge is 0.347 e. The number of urea groups is 1. The fraction of sp³-hybridized carbons (Fsp3) is 0.500. The number of rotatable bonds is 8. The molecular weight excluding hydrogens is 490 g/mol. The van der Waals surface area contributed by atoms with Crippen LogP contribution in [0.5, 0.6) is 0 Å². The number of nitrogens with zero attached hydrogens (tertiary/aromatic N) is 3. The Balaban J connectivity index is 1.47. The van der Waals surface area contributed by atoms with Crippen LogP contribution >= 0.6 is 0 Å². The second-order valence-corrected chi connectivity index (χ2v) is 8.86. The normalized spacial score (nSPS) is 31.7. The van der Waals surface area contributed by atoms with Crippen molar-refractivity contribution in [1.82, 2.24) is 20.9 Å². The van der Waals surface area contributed by atoms with E-state index in [9.17, 15) is 34.8 Å². The average molecular weight is 520 g/mol. The van der Waals surface area contributed by atoms with E-state index in [2.05, 4.69) is 25.9 Å². The number of amidine groups is 1. The summed E-state index contributed by atoms with van der Waals surface area (Å²) in [5.74, 6) is -1.44. The maximum Gasteiger partial charge on any atom is 0.347 e. The van der Waals surface area contributed by atoms with Crippen LogP contribution in [0.1, 0.15) is 5.56 Å². The molecule has 0 spiro atoms. The molecule has 4 amide bonds. The predicted octanol–water partition coefficient (Wildman–Crippen LogP) is -4.25. The molecule has 1 saturated heterocycles. The van der Waals surface area contributed by atoms with Crippen LogP contribution < -0.4 is 21.7 Å². The Morgan fingerprint density at radius 3 is 2.62 bits per heavy atom. The van der Waals surface area contributed by atoms with Crippen molar-refractivity contribution in [2.45, 2.75) is 55.3 Å². The third-order valence-electron chi connectivity index (χ3n) is 6.35. The van der Waals surface area contributed by atoms with Gasteiger partial charge in [0.05, 0.1) is 12.9 Å². The Hall–Kier alpha value is -3.63. The average Bonchev–Trinajstić information content (AvgIpc) is 3.37. The Labute approximate surface area is 211 Å². The number of aliphatic hydroxyl groups is 4. The third-order valence-corrected chi connectivity index (χ3v) is 6.35. The number of nitrogens with one attached hydrogen (secondary N) is 3. The zero-order valence-corrected chi connectivity index (χ0v) is 19.5. The van der Waals surface area contributed by atoms with Crippen molar-refractivity contribution in [3.05, 3.63) is 35.9 Å². The van der Waals surface area contributed by atoms with Gasteiger partial charge in [0, 0.05) is 6.42 Å². The van der Waals surface area contributed by atoms with Gasteiger partial charge in [-0.15, -0.1) is 0 Å². The van der Waals surface area contributed by atoms with Crippen molar-refractivity contribution in [3.8, 4) is 0 Å². The number of aliphatic hydroxyl groups excluding tert-OH is 4. The number of carbonyl (C=O) groups excluding carboxylic acids is 3. The van der Waals surface area contributed by atoms with Crippen molar-refractivity contribution in [2.24, 2.45) is 15.7 Å². The molecule has 0 radical (unpaired) electrons. The Morgan fingerprint density at radius 1 is 1.19 bits per heavy atom. The van der Waals surface area contributed by atoms with Gasteiger partial charge >= 0.3 is 6.03 Å². The van der Waals surface area contributed by atoms with Gasteiger partial charge in [-0.25, -0.2) is 9.79 Å². The highest BCUT2D eigenvalue weighted by Gasteiger charge is 2.45. The standard InChI is InChI=1S/C22H29N7O8/c23-18-15-19(25-9-24-15)29(22(36)28-18)7-13(31)26-11(6-10-4-2-1-3-5-10)20(34)27-14-17(33)16(32)12(8-30)37-21(14)35/h1-5,9,11-12,14-17,19,21,30,32-33,35H,6-8H2,(H,24,25)(H,26,31)(H,27,34)(H2,23,28,36)/t11-,12+,14+,15?,16+,17+,19?,21+/m0/s1. The highest BCUT2D eigenvalue weighted by molar-refractivity contribution is 6.02. The maximum absolute atomic E-state index is 13.2. The van der Waals surface area contributed by atoms with Crippen molar-refractivity contribution in [1.29, 1.82) is 0 Å². The number of benzene rings is 1. The summed E-state index contributed by atoms with van der Waals surface area (Å²) >= 11 is 0. The lowest BCUT2D eigenvalue weighted by atomic mass is 9.96. The molecule has 1 aromatic rings. The molecule has 0 aromatic heterocycles. The molecule has 3 aliphatic heterocycles. The van der Waals surface area contributed by atoms with Gasteiger partial charge < -0.3 is 46.8 Å². The molecule has 8 atom stereocenters. The van der Waals surface area contributed by atoms with Crippen LogP contribution in [0.3, 0.4) is 0 Å². The van der Waals surface area contributed by atoms with E-state index < -0.39 is 79.9 Å². The lowest BCUT2D eigenvalue weighted by molar-refractivity contribution is -0.254. The van der Waals surface area contributed by atoms with Crippen molar-refractivity contribution in [3.63, 3.8) is 0 Å². The molecule has 0 bridgehead atoms. The Morgan fingerprint density at radius 2 is 1.92 bits per heavy atom. The largest absolute Gasteiger partial charge is 0.394 e. The summed E-state index contributed by atoms with van der Waals surface area (Å²) in [7, 11) is 0. The first-order chi connectivity index (χ1) is 17.7. The molecule has 15 nitrogen and oxygen atoms in total. The van der Waals surface area contributed by atoms with Crippen LogP contribution in [0, 0.1) is 0 Å². The number of fused-ring (bicyclic) bond motifs is 1. The minimum atomic E-state index is -1.73. The lowest BCUT2D eigenvalue weighted by Gasteiger charge is -2.40. The number of carbonyl (C=O) groups is 3. The fourth-order valence-corrected chi connectivity index (χ4v) is 4.36. The molecule has 9 N–H and O–H groups in total. The summed E-state index contributed by atoms with van der Waals surface area (Å²) in [4.78, 5) is 47.5. The number of aliphatic imine (C=N–C) groups is 2. The molecule has 0 aliphatic carbocycles.